The first kappa shape index (κ1) is 22.6. The molecule has 2 aromatic carbocycles. The fourth-order valence-corrected chi connectivity index (χ4v) is 3.89. The van der Waals surface area contributed by atoms with Crippen LogP contribution in [0.2, 0.25) is 0 Å². The second-order valence-electron chi connectivity index (χ2n) is 6.89. The predicted molar refractivity (Wildman–Crippen MR) is 113 cm³/mol. The average Bonchev–Trinajstić information content (AvgIpc) is 3.18. The SMILES string of the molecule is COc1ccc(-c2nc(COC(=O)CNS(=O)(=O)c3ccc4c(c3)OCCCO4)no2)cc1. The van der Waals surface area contributed by atoms with Crippen LogP contribution in [0, 0.1) is 0 Å². The van der Waals surface area contributed by atoms with E-state index in [2.05, 4.69) is 14.9 Å². The van der Waals surface area contributed by atoms with Gasteiger partial charge in [-0.2, -0.15) is 9.71 Å². The zero-order valence-electron chi connectivity index (χ0n) is 17.6. The fraction of sp³-hybridized carbons (Fsp3) is 0.286. The smallest absolute Gasteiger partial charge is 0.321 e. The number of methoxy groups -OCH3 is 1. The molecule has 0 fully saturated rings. The van der Waals surface area contributed by atoms with E-state index in [1.165, 1.54) is 18.2 Å². The van der Waals surface area contributed by atoms with Crippen molar-refractivity contribution >= 4 is 16.0 Å². The van der Waals surface area contributed by atoms with Crippen LogP contribution in [0.25, 0.3) is 11.5 Å². The fourth-order valence-electron chi connectivity index (χ4n) is 2.91. The van der Waals surface area contributed by atoms with Gasteiger partial charge in [0.05, 0.1) is 25.2 Å². The van der Waals surface area contributed by atoms with Gasteiger partial charge in [0.2, 0.25) is 15.8 Å². The predicted octanol–water partition coefficient (Wildman–Crippen LogP) is 1.93. The van der Waals surface area contributed by atoms with Crippen molar-refractivity contribution in [3.63, 3.8) is 0 Å². The summed E-state index contributed by atoms with van der Waals surface area (Å²) in [6.07, 6.45) is 0.697. The molecule has 1 aliphatic rings. The summed E-state index contributed by atoms with van der Waals surface area (Å²) in [5, 5.41) is 3.75. The van der Waals surface area contributed by atoms with E-state index >= 15 is 0 Å². The zero-order chi connectivity index (χ0) is 23.3. The van der Waals surface area contributed by atoms with Crippen molar-refractivity contribution in [2.75, 3.05) is 26.9 Å². The second-order valence-corrected chi connectivity index (χ2v) is 8.66. The van der Waals surface area contributed by atoms with E-state index in [-0.39, 0.29) is 23.2 Å². The van der Waals surface area contributed by atoms with Crippen molar-refractivity contribution in [1.29, 1.82) is 0 Å². The Bertz CT molecular complexity index is 1220. The van der Waals surface area contributed by atoms with Gasteiger partial charge in [0.15, 0.2) is 18.1 Å². The summed E-state index contributed by atoms with van der Waals surface area (Å²) in [4.78, 5) is 16.1. The molecule has 0 atom stereocenters. The lowest BCUT2D eigenvalue weighted by molar-refractivity contribution is -0.143. The summed E-state index contributed by atoms with van der Waals surface area (Å²) in [5.41, 5.74) is 0.670. The maximum Gasteiger partial charge on any atom is 0.321 e. The lowest BCUT2D eigenvalue weighted by atomic mass is 10.2. The number of benzene rings is 2. The van der Waals surface area contributed by atoms with E-state index in [1.807, 2.05) is 0 Å². The summed E-state index contributed by atoms with van der Waals surface area (Å²) >= 11 is 0. The Morgan fingerprint density at radius 1 is 1.09 bits per heavy atom. The number of nitrogens with zero attached hydrogens (tertiary/aromatic N) is 2. The third-order valence-corrected chi connectivity index (χ3v) is 6.00. The third kappa shape index (κ3) is 5.59. The van der Waals surface area contributed by atoms with Gasteiger partial charge in [-0.1, -0.05) is 5.16 Å². The Morgan fingerprint density at radius 2 is 1.85 bits per heavy atom. The summed E-state index contributed by atoms with van der Waals surface area (Å²) in [6.45, 7) is 0.0713. The van der Waals surface area contributed by atoms with Crippen LogP contribution in [0.5, 0.6) is 17.2 Å². The number of rotatable bonds is 8. The Hall–Kier alpha value is -3.64. The number of fused-ring (bicyclic) bond motifs is 1. The molecule has 0 saturated heterocycles. The molecule has 1 aromatic heterocycles. The highest BCUT2D eigenvalue weighted by Gasteiger charge is 2.20. The molecular formula is C21H21N3O8S. The number of carbonyl (C=O) groups excluding carboxylic acids is 1. The Kier molecular flexibility index (Phi) is 6.75. The molecule has 4 rings (SSSR count). The standard InChI is InChI=1S/C21H21N3O8S/c1-28-15-5-3-14(4-6-15)21-23-19(24-32-21)13-31-20(25)12-22-33(26,27)16-7-8-17-18(11-16)30-10-2-9-29-17/h3-8,11,22H,2,9-10,12-13H2,1H3. The van der Waals surface area contributed by atoms with Crippen LogP contribution in [0.4, 0.5) is 0 Å². The maximum absolute atomic E-state index is 12.5. The minimum absolute atomic E-state index is 0.0538. The van der Waals surface area contributed by atoms with E-state index in [0.717, 1.165) is 0 Å². The molecule has 174 valence electrons. The van der Waals surface area contributed by atoms with Gasteiger partial charge in [0, 0.05) is 18.1 Å². The minimum Gasteiger partial charge on any atom is -0.497 e. The van der Waals surface area contributed by atoms with Crippen LogP contribution < -0.4 is 18.9 Å². The van der Waals surface area contributed by atoms with Crippen LogP contribution in [0.3, 0.4) is 0 Å². The van der Waals surface area contributed by atoms with Crippen LogP contribution in [-0.2, 0) is 26.2 Å². The second kappa shape index (κ2) is 9.88. The Labute approximate surface area is 189 Å². The highest BCUT2D eigenvalue weighted by Crippen LogP contribution is 2.31. The number of hydrogen-bond donors (Lipinski definition) is 1. The number of carbonyl (C=O) groups is 1. The first-order valence-electron chi connectivity index (χ1n) is 9.96. The van der Waals surface area contributed by atoms with E-state index < -0.39 is 22.5 Å². The molecule has 1 aliphatic heterocycles. The van der Waals surface area contributed by atoms with Crippen LogP contribution in [-0.4, -0.2) is 51.4 Å². The van der Waals surface area contributed by atoms with Gasteiger partial charge in [-0.25, -0.2) is 8.42 Å². The summed E-state index contributed by atoms with van der Waals surface area (Å²) in [7, 11) is -2.41. The van der Waals surface area contributed by atoms with Crippen molar-refractivity contribution < 1.29 is 36.7 Å². The lowest BCUT2D eigenvalue weighted by Gasteiger charge is -2.10. The number of nitrogens with one attached hydrogen (secondary N) is 1. The van der Waals surface area contributed by atoms with Gasteiger partial charge in [-0.3, -0.25) is 4.79 Å². The highest BCUT2D eigenvalue weighted by molar-refractivity contribution is 7.89. The molecule has 0 aliphatic carbocycles. The zero-order valence-corrected chi connectivity index (χ0v) is 18.5. The van der Waals surface area contributed by atoms with Crippen molar-refractivity contribution in [3.05, 3.63) is 48.3 Å². The number of aromatic nitrogens is 2. The molecular weight excluding hydrogens is 454 g/mol. The molecule has 11 nitrogen and oxygen atoms in total. The topological polar surface area (TPSA) is 139 Å². The number of ether oxygens (including phenoxy) is 4. The molecule has 12 heteroatoms. The molecule has 0 amide bonds. The largest absolute Gasteiger partial charge is 0.497 e. The third-order valence-electron chi connectivity index (χ3n) is 4.60. The molecule has 0 bridgehead atoms. The lowest BCUT2D eigenvalue weighted by Crippen LogP contribution is -2.30. The minimum atomic E-state index is -3.97. The van der Waals surface area contributed by atoms with E-state index in [9.17, 15) is 13.2 Å². The van der Waals surface area contributed by atoms with Crippen molar-refractivity contribution in [3.8, 4) is 28.7 Å². The van der Waals surface area contributed by atoms with Crippen LogP contribution in [0.1, 0.15) is 12.2 Å². The van der Waals surface area contributed by atoms with E-state index in [1.54, 1.807) is 31.4 Å². The quantitative estimate of drug-likeness (QED) is 0.481. The van der Waals surface area contributed by atoms with Crippen LogP contribution >= 0.6 is 0 Å². The van der Waals surface area contributed by atoms with Crippen molar-refractivity contribution in [2.24, 2.45) is 0 Å². The molecule has 0 radical (unpaired) electrons. The van der Waals surface area contributed by atoms with Gasteiger partial charge >= 0.3 is 5.97 Å². The first-order chi connectivity index (χ1) is 15.9. The monoisotopic (exact) mass is 475 g/mol. The van der Waals surface area contributed by atoms with Gasteiger partial charge in [-0.15, -0.1) is 0 Å². The van der Waals surface area contributed by atoms with Gasteiger partial charge in [-0.05, 0) is 36.4 Å². The maximum atomic E-state index is 12.5. The van der Waals surface area contributed by atoms with E-state index in [0.29, 0.717) is 42.4 Å². The molecule has 0 saturated carbocycles. The van der Waals surface area contributed by atoms with Crippen LogP contribution in [0.15, 0.2) is 51.9 Å². The Morgan fingerprint density at radius 3 is 2.61 bits per heavy atom. The Balaban J connectivity index is 1.30. The molecule has 0 spiro atoms. The van der Waals surface area contributed by atoms with E-state index in [4.69, 9.17) is 23.5 Å². The van der Waals surface area contributed by atoms with Crippen molar-refractivity contribution in [2.45, 2.75) is 17.9 Å². The first-order valence-corrected chi connectivity index (χ1v) is 11.4. The summed E-state index contributed by atoms with van der Waals surface area (Å²) < 4.78 is 53.5. The molecule has 2 heterocycles. The molecule has 0 unspecified atom stereocenters. The number of hydrogen-bond acceptors (Lipinski definition) is 10. The number of esters is 1. The number of sulfonamides is 1. The van der Waals surface area contributed by atoms with Gasteiger partial charge in [0.1, 0.15) is 12.3 Å². The average molecular weight is 475 g/mol. The molecule has 3 aromatic rings. The normalized spacial score (nSPS) is 13.2. The van der Waals surface area contributed by atoms with Crippen molar-refractivity contribution in [1.82, 2.24) is 14.9 Å². The summed E-state index contributed by atoms with van der Waals surface area (Å²) in [5.74, 6) is 1.08. The molecule has 1 N–H and O–H groups in total. The highest BCUT2D eigenvalue weighted by atomic mass is 32.2. The summed E-state index contributed by atoms with van der Waals surface area (Å²) in [6, 6.07) is 11.2. The molecule has 33 heavy (non-hydrogen) atoms. The van der Waals surface area contributed by atoms with Gasteiger partial charge < -0.3 is 23.5 Å². The van der Waals surface area contributed by atoms with Gasteiger partial charge in [0.25, 0.3) is 5.89 Å².